The lowest BCUT2D eigenvalue weighted by Gasteiger charge is -2.21. The molecule has 1 saturated heterocycles. The van der Waals surface area contributed by atoms with Crippen LogP contribution in [-0.4, -0.2) is 30.7 Å². The Bertz CT molecular complexity index is 547. The van der Waals surface area contributed by atoms with E-state index in [1.54, 1.807) is 0 Å². The Kier molecular flexibility index (Phi) is 3.65. The highest BCUT2D eigenvalue weighted by Crippen LogP contribution is 2.28. The molecule has 2 heterocycles. The lowest BCUT2D eigenvalue weighted by molar-refractivity contribution is 0.549. The molecule has 1 aromatic carbocycles. The summed E-state index contributed by atoms with van der Waals surface area (Å²) in [6.07, 6.45) is 6.27. The first kappa shape index (κ1) is 12.4. The molecule has 2 aromatic rings. The topological polar surface area (TPSA) is 28.2 Å². The van der Waals surface area contributed by atoms with Crippen molar-refractivity contribution in [3.8, 4) is 0 Å². The van der Waals surface area contributed by atoms with Crippen molar-refractivity contribution in [3.63, 3.8) is 0 Å². The third-order valence-electron chi connectivity index (χ3n) is 3.87. The molecule has 0 amide bonds. The van der Waals surface area contributed by atoms with Gasteiger partial charge in [-0.05, 0) is 31.5 Å². The molecule has 0 aliphatic carbocycles. The molecular weight excluding hydrogens is 234 g/mol. The van der Waals surface area contributed by atoms with Crippen molar-refractivity contribution in [1.82, 2.24) is 10.3 Å². The maximum absolute atomic E-state index is 4.21. The van der Waals surface area contributed by atoms with Crippen molar-refractivity contribution >= 4 is 16.5 Å². The first-order valence-electron chi connectivity index (χ1n) is 7.19. The van der Waals surface area contributed by atoms with Crippen molar-refractivity contribution in [2.24, 2.45) is 0 Å². The van der Waals surface area contributed by atoms with Gasteiger partial charge in [-0.15, -0.1) is 0 Å². The lowest BCUT2D eigenvalue weighted by atomic mass is 10.1. The number of aromatic nitrogens is 1. The number of hydrogen-bond donors (Lipinski definition) is 1. The van der Waals surface area contributed by atoms with E-state index in [-0.39, 0.29) is 0 Å². The van der Waals surface area contributed by atoms with Crippen molar-refractivity contribution in [2.45, 2.75) is 25.8 Å². The molecule has 1 N–H and O–H groups in total. The Hall–Kier alpha value is -1.61. The molecule has 19 heavy (non-hydrogen) atoms. The van der Waals surface area contributed by atoms with Gasteiger partial charge in [-0.1, -0.05) is 19.1 Å². The average Bonchev–Trinajstić information content (AvgIpc) is 2.93. The Balaban J connectivity index is 1.82. The summed E-state index contributed by atoms with van der Waals surface area (Å²) in [4.78, 5) is 6.70. The summed E-state index contributed by atoms with van der Waals surface area (Å²) in [6, 6.07) is 9.25. The molecule has 3 rings (SSSR count). The third-order valence-corrected chi connectivity index (χ3v) is 3.87. The third kappa shape index (κ3) is 2.56. The average molecular weight is 255 g/mol. The SMILES string of the molecule is CCCNC1CCN(c2cccc3cnccc23)C1. The zero-order chi connectivity index (χ0) is 13.1. The predicted octanol–water partition coefficient (Wildman–Crippen LogP) is 2.81. The second-order valence-corrected chi connectivity index (χ2v) is 5.26. The van der Waals surface area contributed by atoms with Crippen LogP contribution in [0.1, 0.15) is 19.8 Å². The summed E-state index contributed by atoms with van der Waals surface area (Å²) in [7, 11) is 0. The van der Waals surface area contributed by atoms with Gasteiger partial charge in [0.2, 0.25) is 0 Å². The number of benzene rings is 1. The molecule has 0 bridgehead atoms. The highest BCUT2D eigenvalue weighted by Gasteiger charge is 2.22. The van der Waals surface area contributed by atoms with Gasteiger partial charge >= 0.3 is 0 Å². The lowest BCUT2D eigenvalue weighted by Crippen LogP contribution is -2.32. The molecule has 1 aliphatic heterocycles. The summed E-state index contributed by atoms with van der Waals surface area (Å²) in [6.45, 7) is 5.60. The predicted molar refractivity (Wildman–Crippen MR) is 80.7 cm³/mol. The summed E-state index contributed by atoms with van der Waals surface area (Å²) in [5.41, 5.74) is 1.35. The van der Waals surface area contributed by atoms with E-state index in [2.05, 4.69) is 46.4 Å². The quantitative estimate of drug-likeness (QED) is 0.910. The molecule has 3 nitrogen and oxygen atoms in total. The van der Waals surface area contributed by atoms with Crippen LogP contribution in [0.2, 0.25) is 0 Å². The van der Waals surface area contributed by atoms with E-state index in [0.29, 0.717) is 6.04 Å². The van der Waals surface area contributed by atoms with Crippen molar-refractivity contribution in [1.29, 1.82) is 0 Å². The molecule has 0 spiro atoms. The largest absolute Gasteiger partial charge is 0.369 e. The molecule has 1 fully saturated rings. The van der Waals surface area contributed by atoms with Crippen LogP contribution < -0.4 is 10.2 Å². The normalized spacial score (nSPS) is 19.2. The zero-order valence-corrected chi connectivity index (χ0v) is 11.5. The first-order chi connectivity index (χ1) is 9.38. The Morgan fingerprint density at radius 2 is 2.32 bits per heavy atom. The number of pyridine rings is 1. The fourth-order valence-electron chi connectivity index (χ4n) is 2.88. The van der Waals surface area contributed by atoms with E-state index >= 15 is 0 Å². The smallest absolute Gasteiger partial charge is 0.0447 e. The van der Waals surface area contributed by atoms with Crippen LogP contribution in [0.3, 0.4) is 0 Å². The van der Waals surface area contributed by atoms with Gasteiger partial charge in [-0.25, -0.2) is 0 Å². The molecule has 3 heteroatoms. The van der Waals surface area contributed by atoms with Crippen LogP contribution in [0, 0.1) is 0 Å². The fraction of sp³-hybridized carbons (Fsp3) is 0.438. The number of fused-ring (bicyclic) bond motifs is 1. The number of rotatable bonds is 4. The first-order valence-corrected chi connectivity index (χ1v) is 7.19. The maximum atomic E-state index is 4.21. The Morgan fingerprint density at radius 3 is 3.21 bits per heavy atom. The van der Waals surface area contributed by atoms with E-state index < -0.39 is 0 Å². The van der Waals surface area contributed by atoms with Gasteiger partial charge in [-0.3, -0.25) is 4.98 Å². The van der Waals surface area contributed by atoms with E-state index in [1.807, 2.05) is 12.4 Å². The zero-order valence-electron chi connectivity index (χ0n) is 11.5. The van der Waals surface area contributed by atoms with E-state index in [9.17, 15) is 0 Å². The number of nitrogens with zero attached hydrogens (tertiary/aromatic N) is 2. The van der Waals surface area contributed by atoms with Crippen LogP contribution in [0.15, 0.2) is 36.7 Å². The van der Waals surface area contributed by atoms with E-state index in [4.69, 9.17) is 0 Å². The number of anilines is 1. The van der Waals surface area contributed by atoms with Crippen LogP contribution in [0.25, 0.3) is 10.8 Å². The molecule has 0 saturated carbocycles. The van der Waals surface area contributed by atoms with Gasteiger partial charge in [0, 0.05) is 48.0 Å². The molecule has 1 aromatic heterocycles. The number of nitrogens with one attached hydrogen (secondary N) is 1. The van der Waals surface area contributed by atoms with Gasteiger partial charge < -0.3 is 10.2 Å². The molecule has 100 valence electrons. The molecule has 0 radical (unpaired) electrons. The Labute approximate surface area is 114 Å². The molecule has 1 atom stereocenters. The second kappa shape index (κ2) is 5.57. The van der Waals surface area contributed by atoms with Gasteiger partial charge in [0.1, 0.15) is 0 Å². The van der Waals surface area contributed by atoms with Crippen LogP contribution in [0.4, 0.5) is 5.69 Å². The van der Waals surface area contributed by atoms with Gasteiger partial charge in [0.05, 0.1) is 0 Å². The van der Waals surface area contributed by atoms with Gasteiger partial charge in [0.25, 0.3) is 0 Å². The standard InChI is InChI=1S/C16H21N3/c1-2-8-18-14-7-10-19(12-14)16-5-3-4-13-11-17-9-6-15(13)16/h3-6,9,11,14,18H,2,7-8,10,12H2,1H3. The van der Waals surface area contributed by atoms with E-state index in [1.165, 1.54) is 29.3 Å². The van der Waals surface area contributed by atoms with Crippen molar-refractivity contribution < 1.29 is 0 Å². The monoisotopic (exact) mass is 255 g/mol. The fourth-order valence-corrected chi connectivity index (χ4v) is 2.88. The van der Waals surface area contributed by atoms with Crippen LogP contribution in [0.5, 0.6) is 0 Å². The minimum absolute atomic E-state index is 0.636. The second-order valence-electron chi connectivity index (χ2n) is 5.26. The van der Waals surface area contributed by atoms with Crippen LogP contribution in [-0.2, 0) is 0 Å². The number of hydrogen-bond acceptors (Lipinski definition) is 3. The maximum Gasteiger partial charge on any atom is 0.0447 e. The van der Waals surface area contributed by atoms with Crippen molar-refractivity contribution in [3.05, 3.63) is 36.7 Å². The van der Waals surface area contributed by atoms with Crippen molar-refractivity contribution in [2.75, 3.05) is 24.5 Å². The highest BCUT2D eigenvalue weighted by molar-refractivity contribution is 5.93. The summed E-state index contributed by atoms with van der Waals surface area (Å²) in [5, 5.41) is 6.17. The molecular formula is C16H21N3. The summed E-state index contributed by atoms with van der Waals surface area (Å²) >= 11 is 0. The van der Waals surface area contributed by atoms with E-state index in [0.717, 1.165) is 19.6 Å². The highest BCUT2D eigenvalue weighted by atomic mass is 15.2. The summed E-state index contributed by atoms with van der Waals surface area (Å²) < 4.78 is 0. The Morgan fingerprint density at radius 1 is 1.37 bits per heavy atom. The summed E-state index contributed by atoms with van der Waals surface area (Å²) in [5.74, 6) is 0. The van der Waals surface area contributed by atoms with Crippen LogP contribution >= 0.6 is 0 Å². The van der Waals surface area contributed by atoms with Gasteiger partial charge in [-0.2, -0.15) is 0 Å². The minimum atomic E-state index is 0.636. The molecule has 1 aliphatic rings. The van der Waals surface area contributed by atoms with Gasteiger partial charge in [0.15, 0.2) is 0 Å². The minimum Gasteiger partial charge on any atom is -0.369 e. The molecule has 1 unspecified atom stereocenters.